The summed E-state index contributed by atoms with van der Waals surface area (Å²) < 4.78 is 0. The molecule has 31 heavy (non-hydrogen) atoms. The molecule has 2 aliphatic rings. The second-order valence-corrected chi connectivity index (χ2v) is 9.20. The van der Waals surface area contributed by atoms with Gasteiger partial charge in [-0.1, -0.05) is 32.0 Å². The molecule has 6 nitrogen and oxygen atoms in total. The lowest BCUT2D eigenvalue weighted by atomic mass is 9.93. The Hall–Kier alpha value is -2.89. The quantitative estimate of drug-likeness (QED) is 0.750. The Morgan fingerprint density at radius 1 is 1.03 bits per heavy atom. The van der Waals surface area contributed by atoms with E-state index in [9.17, 15) is 9.59 Å². The van der Waals surface area contributed by atoms with Gasteiger partial charge in [-0.15, -0.1) is 0 Å². The summed E-state index contributed by atoms with van der Waals surface area (Å²) in [6.45, 7) is 7.39. The number of nitrogens with one attached hydrogen (secondary N) is 1. The third-order valence-electron chi connectivity index (χ3n) is 6.43. The molecular formula is C25H32N4O2. The highest BCUT2D eigenvalue weighted by Crippen LogP contribution is 2.30. The highest BCUT2D eigenvalue weighted by molar-refractivity contribution is 5.90. The van der Waals surface area contributed by atoms with Crippen molar-refractivity contribution in [1.29, 1.82) is 0 Å². The first-order valence-electron chi connectivity index (χ1n) is 11.3. The zero-order chi connectivity index (χ0) is 21.8. The van der Waals surface area contributed by atoms with Crippen LogP contribution in [0.1, 0.15) is 56.1 Å². The minimum atomic E-state index is -0.0596. The normalized spacial score (nSPS) is 18.9. The molecule has 2 aromatic rings. The summed E-state index contributed by atoms with van der Waals surface area (Å²) in [6, 6.07) is 12.0. The average Bonchev–Trinajstić information content (AvgIpc) is 3.22. The van der Waals surface area contributed by atoms with E-state index in [0.717, 1.165) is 44.7 Å². The van der Waals surface area contributed by atoms with Crippen LogP contribution in [0.2, 0.25) is 0 Å². The number of hydrogen-bond donors (Lipinski definition) is 1. The third kappa shape index (κ3) is 5.24. The Kier molecular flexibility index (Phi) is 6.54. The summed E-state index contributed by atoms with van der Waals surface area (Å²) in [5, 5.41) is 2.99. The molecule has 0 radical (unpaired) electrons. The Balaban J connectivity index is 1.24. The highest BCUT2D eigenvalue weighted by atomic mass is 16.2. The van der Waals surface area contributed by atoms with E-state index in [2.05, 4.69) is 42.3 Å². The molecule has 3 heterocycles. The number of nitrogens with zero attached hydrogens (tertiary/aromatic N) is 3. The maximum absolute atomic E-state index is 12.5. The SMILES string of the molecule is CC(C)CCC(=O)N1CCC(c2ccc(NC(=O)N3CC(c4cccnc4)C3)cc2)C1. The van der Waals surface area contributed by atoms with Crippen molar-refractivity contribution in [2.24, 2.45) is 5.92 Å². The van der Waals surface area contributed by atoms with E-state index < -0.39 is 0 Å². The number of rotatable bonds is 6. The van der Waals surface area contributed by atoms with Crippen LogP contribution in [0, 0.1) is 5.92 Å². The maximum atomic E-state index is 12.5. The number of hydrogen-bond acceptors (Lipinski definition) is 3. The van der Waals surface area contributed by atoms with Crippen molar-refractivity contribution in [1.82, 2.24) is 14.8 Å². The van der Waals surface area contributed by atoms with Gasteiger partial charge in [-0.2, -0.15) is 0 Å². The minimum Gasteiger partial charge on any atom is -0.342 e. The molecule has 1 aromatic heterocycles. The molecule has 2 aliphatic heterocycles. The first kappa shape index (κ1) is 21.3. The maximum Gasteiger partial charge on any atom is 0.321 e. The third-order valence-corrected chi connectivity index (χ3v) is 6.43. The number of carbonyl (C=O) groups is 2. The van der Waals surface area contributed by atoms with Gasteiger partial charge in [-0.05, 0) is 48.1 Å². The lowest BCUT2D eigenvalue weighted by molar-refractivity contribution is -0.130. The van der Waals surface area contributed by atoms with Crippen molar-refractivity contribution < 1.29 is 9.59 Å². The Morgan fingerprint density at radius 2 is 1.77 bits per heavy atom. The van der Waals surface area contributed by atoms with Crippen LogP contribution < -0.4 is 5.32 Å². The fraction of sp³-hybridized carbons (Fsp3) is 0.480. The van der Waals surface area contributed by atoms with E-state index in [1.165, 1.54) is 11.1 Å². The number of benzene rings is 1. The topological polar surface area (TPSA) is 65.5 Å². The van der Waals surface area contributed by atoms with Gasteiger partial charge in [0.05, 0.1) is 0 Å². The van der Waals surface area contributed by atoms with Crippen molar-refractivity contribution in [2.45, 2.75) is 44.9 Å². The molecule has 164 valence electrons. The predicted molar refractivity (Wildman–Crippen MR) is 122 cm³/mol. The number of urea groups is 1. The molecule has 6 heteroatoms. The Labute approximate surface area is 184 Å². The molecule has 2 saturated heterocycles. The van der Waals surface area contributed by atoms with Crippen molar-refractivity contribution in [2.75, 3.05) is 31.5 Å². The molecule has 0 saturated carbocycles. The molecule has 4 rings (SSSR count). The Morgan fingerprint density at radius 3 is 2.45 bits per heavy atom. The number of carbonyl (C=O) groups excluding carboxylic acids is 2. The van der Waals surface area contributed by atoms with Gasteiger partial charge in [0.15, 0.2) is 0 Å². The van der Waals surface area contributed by atoms with Crippen LogP contribution in [-0.2, 0) is 4.79 Å². The molecule has 3 amide bonds. The number of likely N-dealkylation sites (tertiary alicyclic amines) is 2. The zero-order valence-corrected chi connectivity index (χ0v) is 18.5. The van der Waals surface area contributed by atoms with E-state index in [0.29, 0.717) is 24.2 Å². The van der Waals surface area contributed by atoms with Gasteiger partial charge in [0.25, 0.3) is 0 Å². The van der Waals surface area contributed by atoms with Crippen LogP contribution in [0.25, 0.3) is 0 Å². The van der Waals surface area contributed by atoms with Crippen LogP contribution in [0.3, 0.4) is 0 Å². The minimum absolute atomic E-state index is 0.0596. The summed E-state index contributed by atoms with van der Waals surface area (Å²) in [6.07, 6.45) is 6.25. The summed E-state index contributed by atoms with van der Waals surface area (Å²) in [4.78, 5) is 32.9. The number of aromatic nitrogens is 1. The van der Waals surface area contributed by atoms with Crippen molar-refractivity contribution in [3.63, 3.8) is 0 Å². The predicted octanol–water partition coefficient (Wildman–Crippen LogP) is 4.47. The second kappa shape index (κ2) is 9.50. The van der Waals surface area contributed by atoms with Gasteiger partial charge in [-0.3, -0.25) is 9.78 Å². The molecule has 1 atom stereocenters. The highest BCUT2D eigenvalue weighted by Gasteiger charge is 2.32. The van der Waals surface area contributed by atoms with Crippen LogP contribution in [0.5, 0.6) is 0 Å². The van der Waals surface area contributed by atoms with Crippen LogP contribution in [0.15, 0.2) is 48.8 Å². The number of anilines is 1. The summed E-state index contributed by atoms with van der Waals surface area (Å²) >= 11 is 0. The standard InChI is InChI=1S/C25H32N4O2/c1-18(2)5-10-24(30)28-13-11-21(15-28)19-6-8-23(9-7-19)27-25(31)29-16-22(17-29)20-4-3-12-26-14-20/h3-4,6-9,12,14,18,21-22H,5,10-11,13,15-17H2,1-2H3,(H,27,31). The van der Waals surface area contributed by atoms with Crippen LogP contribution in [0.4, 0.5) is 10.5 Å². The van der Waals surface area contributed by atoms with Gasteiger partial charge >= 0.3 is 6.03 Å². The molecule has 0 bridgehead atoms. The molecule has 0 spiro atoms. The zero-order valence-electron chi connectivity index (χ0n) is 18.5. The number of amides is 3. The molecule has 1 unspecified atom stereocenters. The number of pyridine rings is 1. The van der Waals surface area contributed by atoms with Gasteiger partial charge in [0.2, 0.25) is 5.91 Å². The Bertz CT molecular complexity index is 891. The summed E-state index contributed by atoms with van der Waals surface area (Å²) in [7, 11) is 0. The van der Waals surface area contributed by atoms with E-state index in [4.69, 9.17) is 0 Å². The van der Waals surface area contributed by atoms with Gasteiger partial charge in [0, 0.05) is 62.5 Å². The van der Waals surface area contributed by atoms with E-state index >= 15 is 0 Å². The van der Waals surface area contributed by atoms with Gasteiger partial charge < -0.3 is 15.1 Å². The second-order valence-electron chi connectivity index (χ2n) is 9.20. The van der Waals surface area contributed by atoms with E-state index in [-0.39, 0.29) is 11.9 Å². The fourth-order valence-corrected chi connectivity index (χ4v) is 4.34. The van der Waals surface area contributed by atoms with E-state index in [1.54, 1.807) is 6.20 Å². The summed E-state index contributed by atoms with van der Waals surface area (Å²) in [5.41, 5.74) is 3.23. The van der Waals surface area contributed by atoms with Crippen LogP contribution >= 0.6 is 0 Å². The first-order chi connectivity index (χ1) is 15.0. The smallest absolute Gasteiger partial charge is 0.321 e. The molecule has 1 aromatic carbocycles. The first-order valence-corrected chi connectivity index (χ1v) is 11.3. The van der Waals surface area contributed by atoms with Gasteiger partial charge in [-0.25, -0.2) is 4.79 Å². The average molecular weight is 421 g/mol. The molecular weight excluding hydrogens is 388 g/mol. The van der Waals surface area contributed by atoms with Crippen molar-refractivity contribution >= 4 is 17.6 Å². The lowest BCUT2D eigenvalue weighted by Crippen LogP contribution is -2.50. The van der Waals surface area contributed by atoms with Crippen molar-refractivity contribution in [3.8, 4) is 0 Å². The molecule has 1 N–H and O–H groups in total. The largest absolute Gasteiger partial charge is 0.342 e. The van der Waals surface area contributed by atoms with E-state index in [1.807, 2.05) is 34.2 Å². The monoisotopic (exact) mass is 420 g/mol. The molecule has 2 fully saturated rings. The van der Waals surface area contributed by atoms with Crippen LogP contribution in [-0.4, -0.2) is 52.9 Å². The molecule has 0 aliphatic carbocycles. The van der Waals surface area contributed by atoms with Gasteiger partial charge in [0.1, 0.15) is 0 Å². The fourth-order valence-electron chi connectivity index (χ4n) is 4.34. The van der Waals surface area contributed by atoms with Crippen molar-refractivity contribution in [3.05, 3.63) is 59.9 Å². The summed E-state index contributed by atoms with van der Waals surface area (Å²) in [5.74, 6) is 1.58. The lowest BCUT2D eigenvalue weighted by Gasteiger charge is -2.39.